The fraction of sp³-hybridized carbons (Fsp3) is 0.750. The molecule has 0 radical (unpaired) electrons. The second-order valence-corrected chi connectivity index (χ2v) is 14.4. The lowest BCUT2D eigenvalue weighted by Crippen LogP contribution is -2.54. The van der Waals surface area contributed by atoms with Crippen LogP contribution in [0, 0.1) is 46.1 Å². The van der Waals surface area contributed by atoms with Crippen LogP contribution in [0.1, 0.15) is 128 Å². The summed E-state index contributed by atoms with van der Waals surface area (Å²) in [6.07, 6.45) is 18.9. The lowest BCUT2D eigenvalue weighted by atomic mass is 10.2. The van der Waals surface area contributed by atoms with Crippen molar-refractivity contribution in [1.82, 2.24) is 27.4 Å². The van der Waals surface area contributed by atoms with Crippen molar-refractivity contribution in [1.29, 1.82) is 21.0 Å². The van der Waals surface area contributed by atoms with E-state index >= 15 is 0 Å². The predicted molar refractivity (Wildman–Crippen MR) is 217 cm³/mol. The average molecular weight is 841 g/mol. The van der Waals surface area contributed by atoms with Gasteiger partial charge >= 0.3 is 34.1 Å². The standard InChI is InChI=1S/C40H60N10O10/c41-31-57-27-17-7-3-13-23-47-35(51)45(36(52)48(39(47)55)24-14-4-8-18-28-58-32-42)21-11-1-2-12-22-46-37(53)49(25-15-5-9-19-29-59-33-43)40(56)50(38(46)54)26-16-6-10-20-30-60-34-44/h1-30H2. The number of nitriles is 4. The quantitative estimate of drug-likeness (QED) is 0.0713. The van der Waals surface area contributed by atoms with Crippen molar-refractivity contribution < 1.29 is 18.9 Å². The highest BCUT2D eigenvalue weighted by Crippen LogP contribution is 2.06. The summed E-state index contributed by atoms with van der Waals surface area (Å²) in [6.45, 7) is 1.84. The Balaban J connectivity index is 2.15. The van der Waals surface area contributed by atoms with Gasteiger partial charge in [0.05, 0.1) is 0 Å². The summed E-state index contributed by atoms with van der Waals surface area (Å²) in [5.41, 5.74) is -4.03. The van der Waals surface area contributed by atoms with E-state index in [1.807, 2.05) is 0 Å². The van der Waals surface area contributed by atoms with Gasteiger partial charge in [-0.05, 0) is 89.9 Å². The SMILES string of the molecule is N#COCCCCCCn1c(=O)n(CCCCCCOC#N)c(=O)n(CCCCCCn2c(=O)n(CCCCCCOC#N)c(=O)n(CCCCCCOC#N)c2=O)c1=O. The van der Waals surface area contributed by atoms with Crippen LogP contribution in [-0.4, -0.2) is 53.8 Å². The van der Waals surface area contributed by atoms with Gasteiger partial charge in [-0.1, -0.05) is 38.5 Å². The minimum absolute atomic E-state index is 0.0673. The number of hydrogen-bond acceptors (Lipinski definition) is 14. The maximum atomic E-state index is 13.5. The van der Waals surface area contributed by atoms with E-state index in [9.17, 15) is 28.8 Å². The first-order valence-electron chi connectivity index (χ1n) is 21.2. The molecule has 0 bridgehead atoms. The molecule has 20 heteroatoms. The number of hydrogen-bond donors (Lipinski definition) is 0. The number of rotatable bonds is 35. The van der Waals surface area contributed by atoms with E-state index in [2.05, 4.69) is 0 Å². The molecule has 0 N–H and O–H groups in total. The first-order chi connectivity index (χ1) is 29.2. The molecule has 0 amide bonds. The molecule has 330 valence electrons. The van der Waals surface area contributed by atoms with Crippen LogP contribution in [0.4, 0.5) is 0 Å². The molecule has 0 aromatic carbocycles. The number of unbranched alkanes of at least 4 members (excludes halogenated alkanes) is 15. The second kappa shape index (κ2) is 31.0. The fourth-order valence-electron chi connectivity index (χ4n) is 6.78. The summed E-state index contributed by atoms with van der Waals surface area (Å²) in [6, 6.07) is 0. The smallest absolute Gasteiger partial charge is 0.336 e. The fourth-order valence-corrected chi connectivity index (χ4v) is 6.78. The largest absolute Gasteiger partial charge is 0.428 e. The third-order valence-corrected chi connectivity index (χ3v) is 10.1. The summed E-state index contributed by atoms with van der Waals surface area (Å²) >= 11 is 0. The third-order valence-electron chi connectivity index (χ3n) is 10.1. The summed E-state index contributed by atoms with van der Waals surface area (Å²) in [4.78, 5) is 80.8. The minimum Gasteiger partial charge on any atom is -0.428 e. The molecule has 0 aliphatic carbocycles. The topological polar surface area (TPSA) is 264 Å². The predicted octanol–water partition coefficient (Wildman–Crippen LogP) is 3.15. The Morgan fingerprint density at radius 3 is 0.567 bits per heavy atom. The molecule has 2 heterocycles. The van der Waals surface area contributed by atoms with Gasteiger partial charge in [0.1, 0.15) is 26.4 Å². The van der Waals surface area contributed by atoms with E-state index < -0.39 is 34.1 Å². The Labute approximate surface area is 348 Å². The van der Waals surface area contributed by atoms with Crippen molar-refractivity contribution >= 4 is 0 Å². The van der Waals surface area contributed by atoms with Crippen molar-refractivity contribution in [2.24, 2.45) is 0 Å². The summed E-state index contributed by atoms with van der Waals surface area (Å²) in [5.74, 6) is 0. The molecule has 20 nitrogen and oxygen atoms in total. The van der Waals surface area contributed by atoms with Crippen LogP contribution in [0.2, 0.25) is 0 Å². The van der Waals surface area contributed by atoms with Crippen molar-refractivity contribution in [3.05, 3.63) is 62.9 Å². The van der Waals surface area contributed by atoms with Gasteiger partial charge in [0.25, 0.3) is 25.0 Å². The Bertz CT molecular complexity index is 1820. The Morgan fingerprint density at radius 2 is 0.417 bits per heavy atom. The van der Waals surface area contributed by atoms with E-state index in [4.69, 9.17) is 40.0 Å². The first-order valence-corrected chi connectivity index (χ1v) is 21.2. The van der Waals surface area contributed by atoms with Gasteiger partial charge in [-0.25, -0.2) is 56.2 Å². The number of ether oxygens (including phenoxy) is 4. The van der Waals surface area contributed by atoms with Gasteiger partial charge in [-0.3, -0.25) is 0 Å². The van der Waals surface area contributed by atoms with E-state index in [-0.39, 0.29) is 39.3 Å². The first kappa shape index (κ1) is 50.1. The monoisotopic (exact) mass is 840 g/mol. The van der Waals surface area contributed by atoms with Crippen molar-refractivity contribution in [2.45, 2.75) is 168 Å². The third kappa shape index (κ3) is 17.9. The highest BCUT2D eigenvalue weighted by molar-refractivity contribution is 4.81. The maximum Gasteiger partial charge on any atom is 0.336 e. The Kier molecular flexibility index (Phi) is 25.9. The van der Waals surface area contributed by atoms with Crippen molar-refractivity contribution in [3.63, 3.8) is 0 Å². The van der Waals surface area contributed by atoms with Crippen LogP contribution in [0.25, 0.3) is 0 Å². The molecular formula is C40H60N10O10. The zero-order chi connectivity index (χ0) is 43.8. The van der Waals surface area contributed by atoms with Gasteiger partial charge in [-0.15, -0.1) is 0 Å². The zero-order valence-electron chi connectivity index (χ0n) is 34.8. The van der Waals surface area contributed by atoms with Gasteiger partial charge in [0, 0.05) is 39.3 Å². The van der Waals surface area contributed by atoms with E-state index in [0.29, 0.717) is 129 Å². The van der Waals surface area contributed by atoms with E-state index in [1.54, 1.807) is 25.0 Å². The van der Waals surface area contributed by atoms with Crippen LogP contribution in [0.15, 0.2) is 28.8 Å². The molecule has 2 rings (SSSR count). The number of aromatic nitrogens is 6. The van der Waals surface area contributed by atoms with Crippen LogP contribution >= 0.6 is 0 Å². The number of nitrogens with zero attached hydrogens (tertiary/aromatic N) is 10. The van der Waals surface area contributed by atoms with Gasteiger partial charge in [0.2, 0.25) is 0 Å². The molecular weight excluding hydrogens is 780 g/mol. The van der Waals surface area contributed by atoms with Crippen LogP contribution in [-0.2, 0) is 58.2 Å². The lowest BCUT2D eigenvalue weighted by Gasteiger charge is -2.15. The van der Waals surface area contributed by atoms with Crippen molar-refractivity contribution in [2.75, 3.05) is 26.4 Å². The summed E-state index contributed by atoms with van der Waals surface area (Å²) in [7, 11) is 0. The van der Waals surface area contributed by atoms with Crippen LogP contribution < -0.4 is 34.1 Å². The highest BCUT2D eigenvalue weighted by atomic mass is 16.5. The van der Waals surface area contributed by atoms with Gasteiger partial charge in [0.15, 0.2) is 0 Å². The highest BCUT2D eigenvalue weighted by Gasteiger charge is 2.17. The molecule has 0 saturated carbocycles. The normalized spacial score (nSPS) is 10.7. The van der Waals surface area contributed by atoms with Gasteiger partial charge in [-0.2, -0.15) is 21.0 Å². The average Bonchev–Trinajstić information content (AvgIpc) is 3.24. The Morgan fingerprint density at radius 1 is 0.267 bits per heavy atom. The Hall–Kier alpha value is -6.02. The van der Waals surface area contributed by atoms with Crippen LogP contribution in [0.5, 0.6) is 0 Å². The molecule has 0 unspecified atom stereocenters. The molecule has 0 atom stereocenters. The molecule has 0 saturated heterocycles. The molecule has 0 aliphatic rings. The van der Waals surface area contributed by atoms with E-state index in [1.165, 1.54) is 0 Å². The zero-order valence-corrected chi connectivity index (χ0v) is 34.8. The summed E-state index contributed by atoms with van der Waals surface area (Å²) in [5, 5.41) is 34.2. The minimum atomic E-state index is -0.678. The second-order valence-electron chi connectivity index (χ2n) is 14.4. The molecule has 2 aromatic heterocycles. The van der Waals surface area contributed by atoms with Crippen molar-refractivity contribution in [3.8, 4) is 25.0 Å². The molecule has 0 fully saturated rings. The lowest BCUT2D eigenvalue weighted by molar-refractivity contribution is 0.259. The summed E-state index contributed by atoms with van der Waals surface area (Å²) < 4.78 is 25.4. The molecule has 60 heavy (non-hydrogen) atoms. The molecule has 0 aliphatic heterocycles. The van der Waals surface area contributed by atoms with E-state index in [0.717, 1.165) is 53.1 Å². The van der Waals surface area contributed by atoms with Crippen LogP contribution in [0.3, 0.4) is 0 Å². The molecule has 0 spiro atoms. The maximum absolute atomic E-state index is 13.5. The van der Waals surface area contributed by atoms with Gasteiger partial charge < -0.3 is 18.9 Å². The molecule has 2 aromatic rings.